The van der Waals surface area contributed by atoms with E-state index in [2.05, 4.69) is 20.1 Å². The van der Waals surface area contributed by atoms with Crippen LogP contribution >= 0.6 is 0 Å². The molecule has 0 bridgehead atoms. The second-order valence-electron chi connectivity index (χ2n) is 2.16. The molecule has 0 aromatic rings. The van der Waals surface area contributed by atoms with E-state index in [1.165, 1.54) is 6.42 Å². The van der Waals surface area contributed by atoms with Crippen LogP contribution < -0.4 is 0 Å². The van der Waals surface area contributed by atoms with Crippen molar-refractivity contribution in [2.24, 2.45) is 0 Å². The van der Waals surface area contributed by atoms with Crippen LogP contribution in [0.2, 0.25) is 0 Å². The van der Waals surface area contributed by atoms with Gasteiger partial charge in [0.25, 0.3) is 0 Å². The minimum absolute atomic E-state index is 0.0338. The third kappa shape index (κ3) is 4.33. The highest BCUT2D eigenvalue weighted by atomic mass is 16.5. The molecule has 0 saturated heterocycles. The summed E-state index contributed by atoms with van der Waals surface area (Å²) in [5.74, 6) is 0. The Balaban J connectivity index is 3.25. The van der Waals surface area contributed by atoms with Crippen LogP contribution in [-0.2, 0) is 4.74 Å². The Morgan fingerprint density at radius 3 is 2.40 bits per heavy atom. The summed E-state index contributed by atoms with van der Waals surface area (Å²) in [5, 5.41) is 0. The molecule has 0 N–H and O–H groups in total. The predicted octanol–water partition coefficient (Wildman–Crippen LogP) is 2.54. The largest absolute Gasteiger partial charge is 0.370 e. The molecular weight excluding hydrogens is 124 g/mol. The number of ether oxygens (including phenoxy) is 1. The molecule has 58 valence electrons. The van der Waals surface area contributed by atoms with E-state index in [-0.39, 0.29) is 6.10 Å². The van der Waals surface area contributed by atoms with Gasteiger partial charge in [0.2, 0.25) is 0 Å². The van der Waals surface area contributed by atoms with Crippen LogP contribution in [0.1, 0.15) is 19.8 Å². The summed E-state index contributed by atoms with van der Waals surface area (Å²) in [6.07, 6.45) is 5.82. The average Bonchev–Trinajstić information content (AvgIpc) is 1.99. The van der Waals surface area contributed by atoms with Gasteiger partial charge in [0.05, 0.1) is 6.10 Å². The summed E-state index contributed by atoms with van der Waals surface area (Å²) in [6, 6.07) is 0. The van der Waals surface area contributed by atoms with Gasteiger partial charge >= 0.3 is 0 Å². The second kappa shape index (κ2) is 6.56. The predicted molar refractivity (Wildman–Crippen MR) is 45.0 cm³/mol. The monoisotopic (exact) mass is 140 g/mol. The van der Waals surface area contributed by atoms with Crippen molar-refractivity contribution in [1.29, 1.82) is 0 Å². The molecule has 1 heteroatoms. The first kappa shape index (κ1) is 9.44. The first-order valence-electron chi connectivity index (χ1n) is 3.71. The van der Waals surface area contributed by atoms with Crippen molar-refractivity contribution in [3.63, 3.8) is 0 Å². The fourth-order valence-corrected chi connectivity index (χ4v) is 0.596. The zero-order chi connectivity index (χ0) is 7.82. The van der Waals surface area contributed by atoms with Gasteiger partial charge in [0, 0.05) is 6.61 Å². The Labute approximate surface area is 63.4 Å². The van der Waals surface area contributed by atoms with Gasteiger partial charge in [0.1, 0.15) is 0 Å². The number of rotatable bonds is 6. The standard InChI is InChI=1S/C9H16O/c1-4-7-8-10-9(5-2)6-3/h5-6,9H,2-4,7-8H2,1H3. The molecule has 0 fully saturated rings. The lowest BCUT2D eigenvalue weighted by molar-refractivity contribution is 0.113. The van der Waals surface area contributed by atoms with E-state index in [0.29, 0.717) is 0 Å². The van der Waals surface area contributed by atoms with Crippen LogP contribution in [0.3, 0.4) is 0 Å². The average molecular weight is 140 g/mol. The van der Waals surface area contributed by atoms with E-state index in [1.807, 2.05) is 0 Å². The first-order valence-corrected chi connectivity index (χ1v) is 3.71. The zero-order valence-electron chi connectivity index (χ0n) is 6.68. The summed E-state index contributed by atoms with van der Waals surface area (Å²) in [7, 11) is 0. The summed E-state index contributed by atoms with van der Waals surface area (Å²) in [6.45, 7) is 10.2. The highest BCUT2D eigenvalue weighted by Crippen LogP contribution is 1.96. The fourth-order valence-electron chi connectivity index (χ4n) is 0.596. The highest BCUT2D eigenvalue weighted by molar-refractivity contribution is 4.93. The molecule has 0 aliphatic heterocycles. The maximum atomic E-state index is 5.34. The van der Waals surface area contributed by atoms with Crippen molar-refractivity contribution >= 4 is 0 Å². The lowest BCUT2D eigenvalue weighted by atomic mass is 10.3. The Morgan fingerprint density at radius 1 is 1.40 bits per heavy atom. The second-order valence-corrected chi connectivity index (χ2v) is 2.16. The molecule has 0 saturated carbocycles. The van der Waals surface area contributed by atoms with Crippen molar-refractivity contribution in [2.45, 2.75) is 25.9 Å². The van der Waals surface area contributed by atoms with Crippen molar-refractivity contribution in [1.82, 2.24) is 0 Å². The SMILES string of the molecule is C=CC(C=C)OCCCC. The molecule has 0 radical (unpaired) electrons. The molecule has 10 heavy (non-hydrogen) atoms. The van der Waals surface area contributed by atoms with Crippen molar-refractivity contribution in [3.05, 3.63) is 25.3 Å². The van der Waals surface area contributed by atoms with E-state index < -0.39 is 0 Å². The lowest BCUT2D eigenvalue weighted by Gasteiger charge is -2.07. The third-order valence-corrected chi connectivity index (χ3v) is 1.27. The molecular formula is C9H16O. The first-order chi connectivity index (χ1) is 4.85. The number of hydrogen-bond acceptors (Lipinski definition) is 1. The molecule has 0 aliphatic rings. The maximum absolute atomic E-state index is 5.34. The summed E-state index contributed by atoms with van der Waals surface area (Å²) >= 11 is 0. The topological polar surface area (TPSA) is 9.23 Å². The normalized spacial score (nSPS) is 9.80. The molecule has 0 aromatic carbocycles. The molecule has 0 atom stereocenters. The van der Waals surface area contributed by atoms with E-state index in [0.717, 1.165) is 13.0 Å². The smallest absolute Gasteiger partial charge is 0.0932 e. The highest BCUT2D eigenvalue weighted by Gasteiger charge is 1.94. The van der Waals surface area contributed by atoms with E-state index in [4.69, 9.17) is 4.74 Å². The van der Waals surface area contributed by atoms with Gasteiger partial charge in [-0.05, 0) is 6.42 Å². The molecule has 0 aliphatic carbocycles. The van der Waals surface area contributed by atoms with Crippen molar-refractivity contribution in [2.75, 3.05) is 6.61 Å². The van der Waals surface area contributed by atoms with E-state index >= 15 is 0 Å². The van der Waals surface area contributed by atoms with Crippen molar-refractivity contribution < 1.29 is 4.74 Å². The molecule has 0 rings (SSSR count). The fraction of sp³-hybridized carbons (Fsp3) is 0.556. The Morgan fingerprint density at radius 2 is 2.00 bits per heavy atom. The number of hydrogen-bond donors (Lipinski definition) is 0. The van der Waals surface area contributed by atoms with Gasteiger partial charge in [-0.15, -0.1) is 13.2 Å². The van der Waals surface area contributed by atoms with Gasteiger partial charge in [-0.2, -0.15) is 0 Å². The maximum Gasteiger partial charge on any atom is 0.0932 e. The molecule has 1 nitrogen and oxygen atoms in total. The molecule has 0 heterocycles. The van der Waals surface area contributed by atoms with E-state index in [1.54, 1.807) is 12.2 Å². The van der Waals surface area contributed by atoms with Crippen LogP contribution in [-0.4, -0.2) is 12.7 Å². The van der Waals surface area contributed by atoms with Crippen LogP contribution in [0.5, 0.6) is 0 Å². The van der Waals surface area contributed by atoms with Crippen LogP contribution in [0.4, 0.5) is 0 Å². The minimum Gasteiger partial charge on any atom is -0.370 e. The summed E-state index contributed by atoms with van der Waals surface area (Å²) in [4.78, 5) is 0. The molecule has 0 amide bonds. The van der Waals surface area contributed by atoms with Gasteiger partial charge in [-0.3, -0.25) is 0 Å². The molecule has 0 spiro atoms. The Hall–Kier alpha value is -0.560. The van der Waals surface area contributed by atoms with Gasteiger partial charge in [-0.25, -0.2) is 0 Å². The summed E-state index contributed by atoms with van der Waals surface area (Å²) < 4.78 is 5.34. The molecule has 0 aromatic heterocycles. The quantitative estimate of drug-likeness (QED) is 0.407. The molecule has 0 unspecified atom stereocenters. The Kier molecular flexibility index (Phi) is 6.19. The minimum atomic E-state index is 0.0338. The van der Waals surface area contributed by atoms with Gasteiger partial charge in [0.15, 0.2) is 0 Å². The summed E-state index contributed by atoms with van der Waals surface area (Å²) in [5.41, 5.74) is 0. The number of unbranched alkanes of at least 4 members (excludes halogenated alkanes) is 1. The van der Waals surface area contributed by atoms with Crippen LogP contribution in [0.25, 0.3) is 0 Å². The van der Waals surface area contributed by atoms with Crippen molar-refractivity contribution in [3.8, 4) is 0 Å². The van der Waals surface area contributed by atoms with Gasteiger partial charge < -0.3 is 4.74 Å². The Bertz CT molecular complexity index is 88.9. The zero-order valence-corrected chi connectivity index (χ0v) is 6.68. The van der Waals surface area contributed by atoms with Crippen LogP contribution in [0, 0.1) is 0 Å². The third-order valence-electron chi connectivity index (χ3n) is 1.27. The van der Waals surface area contributed by atoms with E-state index in [9.17, 15) is 0 Å². The lowest BCUT2D eigenvalue weighted by Crippen LogP contribution is -2.06. The van der Waals surface area contributed by atoms with Gasteiger partial charge in [-0.1, -0.05) is 25.5 Å². The van der Waals surface area contributed by atoms with Crippen LogP contribution in [0.15, 0.2) is 25.3 Å².